The highest BCUT2D eigenvalue weighted by Crippen LogP contribution is 2.37. The Labute approximate surface area is 182 Å². The zero-order valence-electron chi connectivity index (χ0n) is 16.7. The van der Waals surface area contributed by atoms with Gasteiger partial charge in [0.25, 0.3) is 0 Å². The van der Waals surface area contributed by atoms with Crippen LogP contribution < -0.4 is 9.46 Å². The molecule has 0 unspecified atom stereocenters. The number of pyridine rings is 1. The van der Waals surface area contributed by atoms with Gasteiger partial charge in [-0.2, -0.15) is 13.2 Å². The van der Waals surface area contributed by atoms with Gasteiger partial charge >= 0.3 is 6.18 Å². The van der Waals surface area contributed by atoms with Gasteiger partial charge in [0, 0.05) is 17.1 Å². The molecular formula is C23H17F3N2O3S. The molecule has 3 aromatic carbocycles. The molecule has 32 heavy (non-hydrogen) atoms. The lowest BCUT2D eigenvalue weighted by atomic mass is 10.0. The number of aromatic nitrogens is 1. The maximum absolute atomic E-state index is 12.8. The fourth-order valence-electron chi connectivity index (χ4n) is 3.18. The molecule has 0 aliphatic carbocycles. The van der Waals surface area contributed by atoms with Crippen molar-refractivity contribution in [3.8, 4) is 22.6 Å². The molecular weight excluding hydrogens is 441 g/mol. The summed E-state index contributed by atoms with van der Waals surface area (Å²) in [4.78, 5) is 4.35. The Morgan fingerprint density at radius 2 is 1.69 bits per heavy atom. The molecule has 1 N–H and O–H groups in total. The second-order valence-corrected chi connectivity index (χ2v) is 8.79. The van der Waals surface area contributed by atoms with E-state index in [1.165, 1.54) is 37.4 Å². The predicted molar refractivity (Wildman–Crippen MR) is 115 cm³/mol. The van der Waals surface area contributed by atoms with Crippen molar-refractivity contribution in [1.82, 2.24) is 9.71 Å². The lowest BCUT2D eigenvalue weighted by Crippen LogP contribution is -2.18. The zero-order valence-corrected chi connectivity index (χ0v) is 17.5. The van der Waals surface area contributed by atoms with E-state index >= 15 is 0 Å². The summed E-state index contributed by atoms with van der Waals surface area (Å²) in [6.45, 7) is 0. The van der Waals surface area contributed by atoms with Gasteiger partial charge in [-0.25, -0.2) is 13.1 Å². The Morgan fingerprint density at radius 3 is 2.38 bits per heavy atom. The number of halogens is 3. The van der Waals surface area contributed by atoms with Crippen molar-refractivity contribution >= 4 is 20.9 Å². The van der Waals surface area contributed by atoms with E-state index in [4.69, 9.17) is 4.74 Å². The quantitative estimate of drug-likeness (QED) is 0.421. The summed E-state index contributed by atoms with van der Waals surface area (Å²) in [5.41, 5.74) is 1.01. The minimum atomic E-state index is -4.45. The fourth-order valence-corrected chi connectivity index (χ4v) is 3.94. The van der Waals surface area contributed by atoms with Crippen LogP contribution in [0.2, 0.25) is 0 Å². The smallest absolute Gasteiger partial charge is 0.416 e. The topological polar surface area (TPSA) is 68.3 Å². The number of rotatable bonds is 5. The Balaban J connectivity index is 1.81. The summed E-state index contributed by atoms with van der Waals surface area (Å²) >= 11 is 0. The second kappa shape index (κ2) is 8.25. The highest BCUT2D eigenvalue weighted by atomic mass is 32.2. The van der Waals surface area contributed by atoms with E-state index in [1.54, 1.807) is 24.4 Å². The number of alkyl halides is 3. The number of benzene rings is 3. The van der Waals surface area contributed by atoms with Crippen LogP contribution in [-0.2, 0) is 16.2 Å². The van der Waals surface area contributed by atoms with Gasteiger partial charge in [0.15, 0.2) is 0 Å². The summed E-state index contributed by atoms with van der Waals surface area (Å²) < 4.78 is 71.3. The van der Waals surface area contributed by atoms with Crippen molar-refractivity contribution in [3.05, 3.63) is 84.6 Å². The highest BCUT2D eigenvalue weighted by molar-refractivity contribution is 7.89. The van der Waals surface area contributed by atoms with Gasteiger partial charge in [-0.1, -0.05) is 18.2 Å². The number of ether oxygens (including phenoxy) is 1. The van der Waals surface area contributed by atoms with Crippen LogP contribution in [0, 0.1) is 0 Å². The van der Waals surface area contributed by atoms with Gasteiger partial charge in [-0.05, 0) is 67.2 Å². The molecule has 1 aromatic heterocycles. The van der Waals surface area contributed by atoms with Crippen LogP contribution in [0.3, 0.4) is 0 Å². The Kier molecular flexibility index (Phi) is 5.62. The molecule has 0 fully saturated rings. The van der Waals surface area contributed by atoms with Crippen molar-refractivity contribution in [2.75, 3.05) is 7.05 Å². The number of hydrogen-bond acceptors (Lipinski definition) is 4. The third-order valence-electron chi connectivity index (χ3n) is 4.86. The minimum Gasteiger partial charge on any atom is -0.457 e. The molecule has 0 radical (unpaired) electrons. The first-order chi connectivity index (χ1) is 15.2. The van der Waals surface area contributed by atoms with Crippen LogP contribution in [0.25, 0.3) is 22.0 Å². The molecule has 0 amide bonds. The van der Waals surface area contributed by atoms with E-state index in [-0.39, 0.29) is 16.4 Å². The number of sulfonamides is 1. The van der Waals surface area contributed by atoms with Crippen LogP contribution in [0.4, 0.5) is 13.2 Å². The number of hydrogen-bond donors (Lipinski definition) is 1. The molecule has 4 aromatic rings. The maximum atomic E-state index is 12.8. The summed E-state index contributed by atoms with van der Waals surface area (Å²) in [7, 11) is -2.42. The van der Waals surface area contributed by atoms with Crippen molar-refractivity contribution in [2.45, 2.75) is 11.1 Å². The van der Waals surface area contributed by atoms with Crippen LogP contribution in [0.15, 0.2) is 83.9 Å². The van der Waals surface area contributed by atoms with Crippen LogP contribution >= 0.6 is 0 Å². The van der Waals surface area contributed by atoms with Gasteiger partial charge in [0.05, 0.1) is 16.0 Å². The first kappa shape index (κ1) is 21.8. The molecule has 0 aliphatic heterocycles. The molecule has 5 nitrogen and oxygen atoms in total. The SMILES string of the molecule is CNS(=O)(=O)c1ccc(Oc2ccc(C(F)(F)F)cc2)c(-c2ccc3cccnc3c2)c1. The van der Waals surface area contributed by atoms with Gasteiger partial charge in [0.1, 0.15) is 11.5 Å². The lowest BCUT2D eigenvalue weighted by Gasteiger charge is -2.14. The molecule has 0 bridgehead atoms. The van der Waals surface area contributed by atoms with E-state index in [1.807, 2.05) is 12.1 Å². The summed E-state index contributed by atoms with van der Waals surface area (Å²) in [5, 5.41) is 0.903. The van der Waals surface area contributed by atoms with Crippen molar-refractivity contribution < 1.29 is 26.3 Å². The Hall–Kier alpha value is -3.43. The molecule has 1 heterocycles. The van der Waals surface area contributed by atoms with E-state index in [0.29, 0.717) is 16.6 Å². The van der Waals surface area contributed by atoms with Crippen LogP contribution in [0.5, 0.6) is 11.5 Å². The zero-order chi connectivity index (χ0) is 22.9. The molecule has 0 aliphatic rings. The van der Waals surface area contributed by atoms with Crippen molar-refractivity contribution in [1.29, 1.82) is 0 Å². The van der Waals surface area contributed by atoms with Crippen LogP contribution in [-0.4, -0.2) is 20.4 Å². The third kappa shape index (κ3) is 4.44. The standard InChI is InChI=1S/C23H17F3N2O3S/c1-27-32(29,30)19-10-11-22(31-18-8-6-17(7-9-18)23(24,25)26)20(14-19)16-5-4-15-3-2-12-28-21(15)13-16/h2-14,27H,1H3. The van der Waals surface area contributed by atoms with E-state index in [2.05, 4.69) is 9.71 Å². The van der Waals surface area contributed by atoms with E-state index in [0.717, 1.165) is 17.5 Å². The third-order valence-corrected chi connectivity index (χ3v) is 6.27. The summed E-state index contributed by atoms with van der Waals surface area (Å²) in [6.07, 6.45) is -2.81. The summed E-state index contributed by atoms with van der Waals surface area (Å²) in [5.74, 6) is 0.470. The fraction of sp³-hybridized carbons (Fsp3) is 0.0870. The van der Waals surface area contributed by atoms with Gasteiger partial charge < -0.3 is 4.74 Å². The monoisotopic (exact) mass is 458 g/mol. The summed E-state index contributed by atoms with van der Waals surface area (Å²) in [6, 6.07) is 17.7. The van der Waals surface area contributed by atoms with Crippen molar-refractivity contribution in [2.24, 2.45) is 0 Å². The average molecular weight is 458 g/mol. The first-order valence-corrected chi connectivity index (χ1v) is 10.9. The van der Waals surface area contributed by atoms with E-state index < -0.39 is 21.8 Å². The Bertz CT molecular complexity index is 1390. The largest absolute Gasteiger partial charge is 0.457 e. The van der Waals surface area contributed by atoms with Gasteiger partial charge in [0.2, 0.25) is 10.0 Å². The molecule has 0 saturated carbocycles. The lowest BCUT2D eigenvalue weighted by molar-refractivity contribution is -0.137. The average Bonchev–Trinajstić information content (AvgIpc) is 2.78. The van der Waals surface area contributed by atoms with Gasteiger partial charge in [-0.15, -0.1) is 0 Å². The Morgan fingerprint density at radius 1 is 0.938 bits per heavy atom. The van der Waals surface area contributed by atoms with Crippen molar-refractivity contribution in [3.63, 3.8) is 0 Å². The predicted octanol–water partition coefficient (Wildman–Crippen LogP) is 5.62. The molecule has 0 spiro atoms. The molecule has 0 atom stereocenters. The molecule has 4 rings (SSSR count). The van der Waals surface area contributed by atoms with Gasteiger partial charge in [-0.3, -0.25) is 4.98 Å². The normalized spacial score (nSPS) is 12.1. The number of nitrogens with zero attached hydrogens (tertiary/aromatic N) is 1. The highest BCUT2D eigenvalue weighted by Gasteiger charge is 2.30. The first-order valence-electron chi connectivity index (χ1n) is 9.45. The molecule has 164 valence electrons. The number of fused-ring (bicyclic) bond motifs is 1. The minimum absolute atomic E-state index is 0.0240. The molecule has 0 saturated heterocycles. The number of nitrogens with one attached hydrogen (secondary N) is 1. The molecule has 9 heteroatoms. The van der Waals surface area contributed by atoms with E-state index in [9.17, 15) is 21.6 Å². The maximum Gasteiger partial charge on any atom is 0.416 e. The second-order valence-electron chi connectivity index (χ2n) is 6.90. The van der Waals surface area contributed by atoms with Crippen LogP contribution in [0.1, 0.15) is 5.56 Å².